The maximum absolute atomic E-state index is 13.6. The molecule has 1 fully saturated rings. The lowest BCUT2D eigenvalue weighted by Crippen LogP contribution is -2.60. The van der Waals surface area contributed by atoms with Gasteiger partial charge >= 0.3 is 11.9 Å². The molecule has 2 N–H and O–H groups in total. The van der Waals surface area contributed by atoms with Crippen LogP contribution in [0.3, 0.4) is 0 Å². The third kappa shape index (κ3) is 8.85. The molecule has 11 heteroatoms. The summed E-state index contributed by atoms with van der Waals surface area (Å²) in [5.41, 5.74) is -2.45. The van der Waals surface area contributed by atoms with Gasteiger partial charge in [0.25, 0.3) is 0 Å². The maximum Gasteiger partial charge on any atom is 0.311 e. The van der Waals surface area contributed by atoms with E-state index in [1.807, 2.05) is 25.9 Å². The molecule has 12 atom stereocenters. The van der Waals surface area contributed by atoms with Gasteiger partial charge in [0.1, 0.15) is 11.7 Å². The summed E-state index contributed by atoms with van der Waals surface area (Å²) in [6.45, 7) is 15.0. The minimum atomic E-state index is -1.61. The van der Waals surface area contributed by atoms with Crippen LogP contribution in [0.25, 0.3) is 0 Å². The summed E-state index contributed by atoms with van der Waals surface area (Å²) in [5, 5.41) is 22.8. The second-order valence-corrected chi connectivity index (χ2v) is 13.2. The molecule has 0 aromatic heterocycles. The van der Waals surface area contributed by atoms with Crippen LogP contribution in [-0.4, -0.2) is 108 Å². The number of cyclic esters (lactones) is 1. The van der Waals surface area contributed by atoms with Gasteiger partial charge in [-0.05, 0) is 79.6 Å². The number of esters is 2. The van der Waals surface area contributed by atoms with Crippen molar-refractivity contribution in [3.05, 3.63) is 11.6 Å². The molecule has 0 aromatic rings. The minimum absolute atomic E-state index is 0.186. The summed E-state index contributed by atoms with van der Waals surface area (Å²) in [4.78, 5) is 41.0. The average molecular weight is 614 g/mol. The Bertz CT molecular complexity index is 1010. The van der Waals surface area contributed by atoms with E-state index in [-0.39, 0.29) is 24.3 Å². The normalized spacial score (nSPS) is 43.4. The number of carbonyl (C=O) groups is 3. The molecule has 2 rings (SSSR count). The quantitative estimate of drug-likeness (QED) is 0.427. The fourth-order valence-electron chi connectivity index (χ4n) is 6.57. The Balaban J connectivity index is 2.67. The largest absolute Gasteiger partial charge is 0.459 e. The summed E-state index contributed by atoms with van der Waals surface area (Å²) >= 11 is 0. The van der Waals surface area contributed by atoms with Crippen LogP contribution < -0.4 is 0 Å². The number of aliphatic hydroxyl groups is 2. The van der Waals surface area contributed by atoms with E-state index >= 15 is 0 Å². The van der Waals surface area contributed by atoms with Crippen LogP contribution in [0, 0.1) is 17.8 Å². The zero-order valence-corrected chi connectivity index (χ0v) is 28.1. The van der Waals surface area contributed by atoms with Crippen molar-refractivity contribution in [3.63, 3.8) is 0 Å². The molecular weight excluding hydrogens is 558 g/mol. The molecule has 2 aliphatic rings. The molecule has 0 bridgehead atoms. The number of hydrogen-bond acceptors (Lipinski definition) is 11. The SMILES string of the molecule is CC[C@H]1OC(=O)[C@H](C)[C@@H](O)[C@H](C)[C@@H](O[C@@H]2O[C@H](C)C[C@H](N(C)C)[C@H]2OC(C)=O)[C@](C)(OC)C[C@@H](C)C(=O)/C(C)=C\[C@]1(C)O. The first-order chi connectivity index (χ1) is 19.8. The first kappa shape index (κ1) is 37.3. The lowest BCUT2D eigenvalue weighted by atomic mass is 9.76. The van der Waals surface area contributed by atoms with Crippen molar-refractivity contribution >= 4 is 17.7 Å². The Hall–Kier alpha value is -1.89. The van der Waals surface area contributed by atoms with Crippen LogP contribution in [0.2, 0.25) is 0 Å². The van der Waals surface area contributed by atoms with Crippen molar-refractivity contribution in [2.75, 3.05) is 21.2 Å². The Morgan fingerprint density at radius 2 is 1.77 bits per heavy atom. The van der Waals surface area contributed by atoms with E-state index in [9.17, 15) is 24.6 Å². The number of methoxy groups -OCH3 is 1. The monoisotopic (exact) mass is 613 g/mol. The van der Waals surface area contributed by atoms with Crippen molar-refractivity contribution in [3.8, 4) is 0 Å². The van der Waals surface area contributed by atoms with Crippen molar-refractivity contribution < 1.29 is 48.3 Å². The summed E-state index contributed by atoms with van der Waals surface area (Å²) in [7, 11) is 5.28. The number of allylic oxidation sites excluding steroid dienone is 1. The molecule has 2 heterocycles. The van der Waals surface area contributed by atoms with E-state index in [4.69, 9.17) is 23.7 Å². The number of hydrogen-bond donors (Lipinski definition) is 2. The first-order valence-corrected chi connectivity index (χ1v) is 15.3. The van der Waals surface area contributed by atoms with Gasteiger partial charge in [0, 0.05) is 25.9 Å². The molecule has 0 unspecified atom stereocenters. The first-order valence-electron chi connectivity index (χ1n) is 15.3. The zero-order chi connectivity index (χ0) is 33.0. The second-order valence-electron chi connectivity index (χ2n) is 13.2. The molecule has 0 spiro atoms. The van der Waals surface area contributed by atoms with Crippen LogP contribution in [0.1, 0.15) is 81.6 Å². The van der Waals surface area contributed by atoms with Gasteiger partial charge in [-0.15, -0.1) is 0 Å². The molecule has 0 aliphatic carbocycles. The predicted molar refractivity (Wildman–Crippen MR) is 160 cm³/mol. The maximum atomic E-state index is 13.6. The highest BCUT2D eigenvalue weighted by atomic mass is 16.7. The van der Waals surface area contributed by atoms with E-state index in [2.05, 4.69) is 0 Å². The van der Waals surface area contributed by atoms with E-state index < -0.39 is 71.6 Å². The van der Waals surface area contributed by atoms with Gasteiger partial charge in [-0.1, -0.05) is 20.8 Å². The average Bonchev–Trinajstić information content (AvgIpc) is 2.92. The Morgan fingerprint density at radius 1 is 1.16 bits per heavy atom. The van der Waals surface area contributed by atoms with Crippen LogP contribution in [-0.2, 0) is 38.1 Å². The molecule has 0 saturated carbocycles. The number of carbonyl (C=O) groups excluding carboxylic acids is 3. The topological polar surface area (TPSA) is 141 Å². The third-order valence-electron chi connectivity index (χ3n) is 9.14. The molecule has 1 saturated heterocycles. The Labute approximate surface area is 257 Å². The van der Waals surface area contributed by atoms with Crippen molar-refractivity contribution in [2.24, 2.45) is 17.8 Å². The number of rotatable bonds is 6. The van der Waals surface area contributed by atoms with Gasteiger partial charge in [-0.2, -0.15) is 0 Å². The van der Waals surface area contributed by atoms with Gasteiger partial charge in [-0.3, -0.25) is 14.4 Å². The second kappa shape index (κ2) is 14.9. The van der Waals surface area contributed by atoms with E-state index in [0.29, 0.717) is 18.4 Å². The number of nitrogens with zero attached hydrogens (tertiary/aromatic N) is 1. The number of ether oxygens (including phenoxy) is 5. The highest BCUT2D eigenvalue weighted by molar-refractivity contribution is 5.96. The van der Waals surface area contributed by atoms with Crippen LogP contribution in [0.15, 0.2) is 11.6 Å². The molecule has 2 aliphatic heterocycles. The van der Waals surface area contributed by atoms with Crippen LogP contribution in [0.4, 0.5) is 0 Å². The summed E-state index contributed by atoms with van der Waals surface area (Å²) in [6.07, 6.45) is -2.68. The zero-order valence-electron chi connectivity index (χ0n) is 28.1. The molecule has 0 aromatic carbocycles. The lowest BCUT2D eigenvalue weighted by Gasteiger charge is -2.48. The van der Waals surface area contributed by atoms with Gasteiger partial charge in [-0.25, -0.2) is 0 Å². The standard InChI is InChI=1S/C32H55NO10/c1-13-24-31(8,38)15-17(2)25(35)18(3)16-32(9,39-12)28(20(5)26(36)21(6)29(37)42-24)43-30-27(41-22(7)34)23(33(10)11)14-19(4)40-30/h15,18-21,23-24,26-28,30,36,38H,13-14,16H2,1-12H3/b17-15-/t18-,19-,20+,21-,23+,24-,26+,27-,28-,30+,31+,32-/m1/s1. The summed E-state index contributed by atoms with van der Waals surface area (Å²) in [6, 6.07) is -0.217. The van der Waals surface area contributed by atoms with Gasteiger partial charge < -0.3 is 38.8 Å². The number of likely N-dealkylation sites (N-methyl/N-ethyl adjacent to an activating group) is 1. The van der Waals surface area contributed by atoms with Crippen molar-refractivity contribution in [1.82, 2.24) is 4.90 Å². The highest BCUT2D eigenvalue weighted by Crippen LogP contribution is 2.38. The molecular formula is C32H55NO10. The smallest absolute Gasteiger partial charge is 0.311 e. The number of ketones is 1. The van der Waals surface area contributed by atoms with E-state index in [1.54, 1.807) is 41.5 Å². The van der Waals surface area contributed by atoms with Crippen molar-refractivity contribution in [1.29, 1.82) is 0 Å². The predicted octanol–water partition coefficient (Wildman–Crippen LogP) is 3.03. The van der Waals surface area contributed by atoms with Crippen LogP contribution in [0.5, 0.6) is 0 Å². The molecule has 248 valence electrons. The molecule has 11 nitrogen and oxygen atoms in total. The van der Waals surface area contributed by atoms with Gasteiger partial charge in [0.05, 0.1) is 35.9 Å². The van der Waals surface area contributed by atoms with Crippen molar-refractivity contribution in [2.45, 2.75) is 136 Å². The fourth-order valence-corrected chi connectivity index (χ4v) is 6.57. The lowest BCUT2D eigenvalue weighted by molar-refractivity contribution is -0.303. The Morgan fingerprint density at radius 3 is 2.28 bits per heavy atom. The Kier molecular flexibility index (Phi) is 12.9. The van der Waals surface area contributed by atoms with Gasteiger partial charge in [0.2, 0.25) is 0 Å². The number of Topliss-reactive ketones (excluding diaryl/α,β-unsaturated/α-hetero) is 1. The van der Waals surface area contributed by atoms with Gasteiger partial charge in [0.15, 0.2) is 18.2 Å². The fraction of sp³-hybridized carbons (Fsp3) is 0.844. The van der Waals surface area contributed by atoms with E-state index in [0.717, 1.165) is 0 Å². The summed E-state index contributed by atoms with van der Waals surface area (Å²) in [5.74, 6) is -3.71. The van der Waals surface area contributed by atoms with E-state index in [1.165, 1.54) is 27.0 Å². The highest BCUT2D eigenvalue weighted by Gasteiger charge is 2.50. The molecule has 43 heavy (non-hydrogen) atoms. The minimum Gasteiger partial charge on any atom is -0.459 e. The molecule has 0 amide bonds. The molecule has 0 radical (unpaired) electrons. The number of aliphatic hydroxyl groups excluding tert-OH is 1. The third-order valence-corrected chi connectivity index (χ3v) is 9.14. The van der Waals surface area contributed by atoms with Crippen LogP contribution >= 0.6 is 0 Å². The summed E-state index contributed by atoms with van der Waals surface area (Å²) < 4.78 is 30.4.